The molecule has 0 spiro atoms. The molecule has 2 aliphatic rings. The number of carbonyl (C=O) groups excluding carboxylic acids is 1. The van der Waals surface area contributed by atoms with E-state index in [1.54, 1.807) is 12.4 Å². The van der Waals surface area contributed by atoms with Crippen LogP contribution in [-0.4, -0.2) is 72.7 Å². The Kier molecular flexibility index (Phi) is 7.97. The van der Waals surface area contributed by atoms with Gasteiger partial charge in [0, 0.05) is 68.7 Å². The van der Waals surface area contributed by atoms with Gasteiger partial charge >= 0.3 is 0 Å². The molecule has 1 aromatic carbocycles. The predicted molar refractivity (Wildman–Crippen MR) is 124 cm³/mol. The second-order valence-corrected chi connectivity index (χ2v) is 8.85. The number of morpholine rings is 1. The Balaban J connectivity index is 1.32. The molecule has 3 heterocycles. The average Bonchev–Trinajstić information content (AvgIpc) is 2.96. The third-order valence-electron chi connectivity index (χ3n) is 5.98. The Labute approximate surface area is 194 Å². The Hall–Kier alpha value is -2.19. The van der Waals surface area contributed by atoms with Gasteiger partial charge in [0.05, 0.1) is 19.3 Å². The van der Waals surface area contributed by atoms with Crippen molar-refractivity contribution in [2.24, 2.45) is 0 Å². The maximum absolute atomic E-state index is 12.7. The van der Waals surface area contributed by atoms with Gasteiger partial charge in [-0.2, -0.15) is 0 Å². The van der Waals surface area contributed by atoms with Crippen molar-refractivity contribution in [3.8, 4) is 5.75 Å². The van der Waals surface area contributed by atoms with Crippen LogP contribution in [0, 0.1) is 0 Å². The Morgan fingerprint density at radius 1 is 1.25 bits per heavy atom. The second kappa shape index (κ2) is 11.1. The lowest BCUT2D eigenvalue weighted by Gasteiger charge is -2.34. The lowest BCUT2D eigenvalue weighted by molar-refractivity contribution is -0.121. The molecule has 7 nitrogen and oxygen atoms in total. The molecule has 0 unspecified atom stereocenters. The minimum atomic E-state index is 0.0536. The summed E-state index contributed by atoms with van der Waals surface area (Å²) in [6.07, 6.45) is 4.10. The maximum Gasteiger partial charge on any atom is 0.221 e. The van der Waals surface area contributed by atoms with Crippen molar-refractivity contribution in [2.75, 3.05) is 45.9 Å². The summed E-state index contributed by atoms with van der Waals surface area (Å²) >= 11 is 6.17. The number of nitrogens with one attached hydrogen (secondary N) is 1. The molecular weight excluding hydrogens is 428 g/mol. The molecule has 2 atom stereocenters. The highest BCUT2D eigenvalue weighted by Crippen LogP contribution is 2.28. The number of ether oxygens (including phenoxy) is 2. The number of amides is 1. The zero-order valence-corrected chi connectivity index (χ0v) is 19.3. The average molecular weight is 459 g/mol. The van der Waals surface area contributed by atoms with E-state index < -0.39 is 0 Å². The predicted octanol–water partition coefficient (Wildman–Crippen LogP) is 2.90. The van der Waals surface area contributed by atoms with Crippen molar-refractivity contribution in [3.63, 3.8) is 0 Å². The largest absolute Gasteiger partial charge is 0.489 e. The van der Waals surface area contributed by atoms with Gasteiger partial charge in [0.1, 0.15) is 11.9 Å². The summed E-state index contributed by atoms with van der Waals surface area (Å²) in [6.45, 7) is 7.94. The van der Waals surface area contributed by atoms with E-state index in [0.717, 1.165) is 56.3 Å². The summed E-state index contributed by atoms with van der Waals surface area (Å²) in [6, 6.07) is 9.88. The summed E-state index contributed by atoms with van der Waals surface area (Å²) in [5.41, 5.74) is 2.22. The molecule has 1 fully saturated rings. The van der Waals surface area contributed by atoms with Gasteiger partial charge in [-0.05, 0) is 42.8 Å². The van der Waals surface area contributed by atoms with Crippen molar-refractivity contribution in [3.05, 3.63) is 58.9 Å². The number of hydrogen-bond acceptors (Lipinski definition) is 6. The molecule has 1 aromatic heterocycles. The van der Waals surface area contributed by atoms with E-state index in [4.69, 9.17) is 21.1 Å². The van der Waals surface area contributed by atoms with Crippen LogP contribution in [0.1, 0.15) is 30.5 Å². The van der Waals surface area contributed by atoms with Gasteiger partial charge in [-0.3, -0.25) is 19.6 Å². The molecule has 4 rings (SSSR count). The number of pyridine rings is 1. The molecule has 1 amide bonds. The van der Waals surface area contributed by atoms with E-state index in [1.165, 1.54) is 0 Å². The third kappa shape index (κ3) is 6.19. The molecule has 0 radical (unpaired) electrons. The number of halogens is 1. The highest BCUT2D eigenvalue weighted by molar-refractivity contribution is 6.30. The van der Waals surface area contributed by atoms with Crippen molar-refractivity contribution in [1.29, 1.82) is 0 Å². The van der Waals surface area contributed by atoms with Crippen LogP contribution in [0.15, 0.2) is 42.7 Å². The molecule has 2 aromatic rings. The minimum Gasteiger partial charge on any atom is -0.489 e. The van der Waals surface area contributed by atoms with E-state index in [0.29, 0.717) is 24.5 Å². The summed E-state index contributed by atoms with van der Waals surface area (Å²) in [5, 5.41) is 3.85. The fraction of sp³-hybridized carbons (Fsp3) is 0.500. The molecule has 2 aliphatic heterocycles. The summed E-state index contributed by atoms with van der Waals surface area (Å²) in [7, 11) is 0. The van der Waals surface area contributed by atoms with Crippen LogP contribution < -0.4 is 10.1 Å². The zero-order valence-electron chi connectivity index (χ0n) is 18.5. The highest BCUT2D eigenvalue weighted by atomic mass is 35.5. The van der Waals surface area contributed by atoms with Crippen LogP contribution in [0.4, 0.5) is 0 Å². The lowest BCUT2D eigenvalue weighted by atomic mass is 10.1. The molecule has 8 heteroatoms. The van der Waals surface area contributed by atoms with Crippen molar-refractivity contribution in [1.82, 2.24) is 20.1 Å². The van der Waals surface area contributed by atoms with Crippen LogP contribution in [0.3, 0.4) is 0 Å². The van der Waals surface area contributed by atoms with E-state index in [1.807, 2.05) is 30.3 Å². The van der Waals surface area contributed by atoms with Crippen molar-refractivity contribution in [2.45, 2.75) is 32.0 Å². The van der Waals surface area contributed by atoms with Gasteiger partial charge in [0.25, 0.3) is 0 Å². The fourth-order valence-corrected chi connectivity index (χ4v) is 4.57. The van der Waals surface area contributed by atoms with E-state index in [2.05, 4.69) is 27.0 Å². The van der Waals surface area contributed by atoms with Crippen LogP contribution in [0.2, 0.25) is 5.02 Å². The zero-order chi connectivity index (χ0) is 22.3. The third-order valence-corrected chi connectivity index (χ3v) is 6.22. The number of carbonyl (C=O) groups is 1. The number of rotatable bonds is 7. The monoisotopic (exact) mass is 458 g/mol. The smallest absolute Gasteiger partial charge is 0.221 e. The molecular formula is C24H31ClN4O3. The molecule has 1 saturated heterocycles. The van der Waals surface area contributed by atoms with Crippen molar-refractivity contribution >= 4 is 17.5 Å². The summed E-state index contributed by atoms with van der Waals surface area (Å²) < 4.78 is 11.5. The number of hydrogen-bond donors (Lipinski definition) is 1. The lowest BCUT2D eigenvalue weighted by Crippen LogP contribution is -2.44. The van der Waals surface area contributed by atoms with Crippen LogP contribution >= 0.6 is 11.6 Å². The highest BCUT2D eigenvalue weighted by Gasteiger charge is 2.24. The van der Waals surface area contributed by atoms with Gasteiger partial charge < -0.3 is 14.8 Å². The number of benzene rings is 1. The number of nitrogens with zero attached hydrogens (tertiary/aromatic N) is 3. The van der Waals surface area contributed by atoms with E-state index >= 15 is 0 Å². The quantitative estimate of drug-likeness (QED) is 0.688. The number of fused-ring (bicyclic) bond motifs is 1. The topological polar surface area (TPSA) is 66.9 Å². The summed E-state index contributed by atoms with van der Waals surface area (Å²) in [4.78, 5) is 21.5. The molecule has 0 saturated carbocycles. The molecule has 32 heavy (non-hydrogen) atoms. The van der Waals surface area contributed by atoms with Crippen LogP contribution in [0.5, 0.6) is 5.75 Å². The van der Waals surface area contributed by atoms with Crippen LogP contribution in [0.25, 0.3) is 0 Å². The first-order valence-corrected chi connectivity index (χ1v) is 11.6. The first-order chi connectivity index (χ1) is 15.6. The van der Waals surface area contributed by atoms with Crippen molar-refractivity contribution < 1.29 is 14.3 Å². The van der Waals surface area contributed by atoms with Gasteiger partial charge in [0.2, 0.25) is 5.91 Å². The van der Waals surface area contributed by atoms with Gasteiger partial charge in [-0.1, -0.05) is 11.6 Å². The molecule has 0 aliphatic carbocycles. The number of aromatic nitrogens is 1. The minimum absolute atomic E-state index is 0.0536. The summed E-state index contributed by atoms with van der Waals surface area (Å²) in [5.74, 6) is 0.931. The standard InChI is InChI=1S/C24H31ClN4O3/c1-18-16-28(17-20-14-21(25)2-3-23(20)32-18)9-6-24(30)27-15-22(19-4-7-26-8-5-19)29-10-12-31-13-11-29/h2-5,7-8,14,18,22H,6,9-13,15-17H2,1H3,(H,27,30)/t18-,22-/m0/s1. The van der Waals surface area contributed by atoms with Crippen LogP contribution in [-0.2, 0) is 16.1 Å². The Bertz CT molecular complexity index is 892. The molecule has 172 valence electrons. The second-order valence-electron chi connectivity index (χ2n) is 8.41. The van der Waals surface area contributed by atoms with Gasteiger partial charge in [0.15, 0.2) is 0 Å². The Morgan fingerprint density at radius 3 is 2.81 bits per heavy atom. The van der Waals surface area contributed by atoms with E-state index in [-0.39, 0.29) is 18.1 Å². The maximum atomic E-state index is 12.7. The SMILES string of the molecule is C[C@H]1CN(CCC(=O)NC[C@@H](c2ccncc2)N2CCOCC2)Cc2cc(Cl)ccc2O1. The Morgan fingerprint density at radius 2 is 2.03 bits per heavy atom. The fourth-order valence-electron chi connectivity index (χ4n) is 4.37. The first kappa shape index (κ1) is 23.0. The van der Waals surface area contributed by atoms with Gasteiger partial charge in [-0.25, -0.2) is 0 Å². The normalized spacial score (nSPS) is 20.6. The molecule has 1 N–H and O–H groups in total. The van der Waals surface area contributed by atoms with E-state index in [9.17, 15) is 4.79 Å². The van der Waals surface area contributed by atoms with Gasteiger partial charge in [-0.15, -0.1) is 0 Å². The molecule has 0 bridgehead atoms. The first-order valence-electron chi connectivity index (χ1n) is 11.2.